The number of carbonyl (C=O) groups is 2. The van der Waals surface area contributed by atoms with Gasteiger partial charge in [0.05, 0.1) is 11.5 Å². The molecule has 1 atom stereocenters. The fraction of sp³-hybridized carbons (Fsp3) is 0.222. The average Bonchev–Trinajstić information content (AvgIpc) is 2.69. The van der Waals surface area contributed by atoms with Gasteiger partial charge in [-0.1, -0.05) is 48.0 Å². The molecule has 2 rings (SSSR count). The van der Waals surface area contributed by atoms with E-state index in [4.69, 9.17) is 4.74 Å². The first-order valence-corrected chi connectivity index (χ1v) is 9.67. The molecular formula is C18H20N2O7S. The summed E-state index contributed by atoms with van der Waals surface area (Å²) in [6.45, 7) is 0.875. The van der Waals surface area contributed by atoms with Crippen LogP contribution in [0.3, 0.4) is 0 Å². The predicted octanol–water partition coefficient (Wildman–Crippen LogP) is 1.02. The Morgan fingerprint density at radius 2 is 1.71 bits per heavy atom. The Bertz CT molecular complexity index is 899. The highest BCUT2D eigenvalue weighted by Gasteiger charge is 2.26. The van der Waals surface area contributed by atoms with Gasteiger partial charge in [-0.25, -0.2) is 13.2 Å². The summed E-state index contributed by atoms with van der Waals surface area (Å²) in [6, 6.07) is 13.1. The zero-order chi connectivity index (χ0) is 20.6. The second-order valence-corrected chi connectivity index (χ2v) is 7.48. The van der Waals surface area contributed by atoms with Crippen molar-refractivity contribution in [3.05, 3.63) is 65.7 Å². The van der Waals surface area contributed by atoms with Gasteiger partial charge in [0.2, 0.25) is 10.0 Å². The number of ether oxygens (including phenoxy) is 1. The highest BCUT2D eigenvalue weighted by Crippen LogP contribution is 2.10. The monoisotopic (exact) mass is 408 g/mol. The van der Waals surface area contributed by atoms with Gasteiger partial charge in [-0.2, -0.15) is 10.2 Å². The van der Waals surface area contributed by atoms with Crippen LogP contribution in [0.5, 0.6) is 0 Å². The summed E-state index contributed by atoms with van der Waals surface area (Å²) < 4.78 is 31.4. The van der Waals surface area contributed by atoms with Crippen LogP contribution in [-0.4, -0.2) is 38.2 Å². The number of hydroxylamine groups is 1. The number of aliphatic hydroxyl groups excluding tert-OH is 1. The van der Waals surface area contributed by atoms with E-state index < -0.39 is 34.7 Å². The maximum absolute atomic E-state index is 12.3. The van der Waals surface area contributed by atoms with E-state index in [2.05, 4.69) is 4.84 Å². The number of hydrogen-bond acceptors (Lipinski definition) is 7. The van der Waals surface area contributed by atoms with Gasteiger partial charge >= 0.3 is 6.16 Å². The van der Waals surface area contributed by atoms with Crippen molar-refractivity contribution in [3.63, 3.8) is 0 Å². The molecule has 0 spiro atoms. The average molecular weight is 408 g/mol. The van der Waals surface area contributed by atoms with Crippen molar-refractivity contribution in [1.29, 1.82) is 0 Å². The lowest BCUT2D eigenvalue weighted by Crippen LogP contribution is -2.49. The van der Waals surface area contributed by atoms with Crippen LogP contribution >= 0.6 is 0 Å². The molecule has 1 unspecified atom stereocenters. The van der Waals surface area contributed by atoms with Crippen LogP contribution in [0.4, 0.5) is 4.79 Å². The Balaban J connectivity index is 1.86. The van der Waals surface area contributed by atoms with Crippen molar-refractivity contribution in [2.45, 2.75) is 24.5 Å². The zero-order valence-electron chi connectivity index (χ0n) is 15.0. The molecule has 0 aliphatic rings. The summed E-state index contributed by atoms with van der Waals surface area (Å²) in [4.78, 5) is 27.9. The summed E-state index contributed by atoms with van der Waals surface area (Å²) in [5.41, 5.74) is 3.32. The van der Waals surface area contributed by atoms with Crippen molar-refractivity contribution in [2.24, 2.45) is 0 Å². The molecule has 0 heterocycles. The summed E-state index contributed by atoms with van der Waals surface area (Å²) in [7, 11) is -4.06. The normalized spacial score (nSPS) is 12.1. The third kappa shape index (κ3) is 6.34. The van der Waals surface area contributed by atoms with Crippen LogP contribution in [-0.2, 0) is 31.0 Å². The number of hydrogen-bond donors (Lipinski definition) is 3. The highest BCUT2D eigenvalue weighted by molar-refractivity contribution is 7.89. The lowest BCUT2D eigenvalue weighted by atomic mass is 10.2. The SMILES string of the molecule is Cc1ccc(S(=O)(=O)NC(CO)C(=O)NOC(=O)OCc2ccccc2)cc1. The van der Waals surface area contributed by atoms with E-state index >= 15 is 0 Å². The summed E-state index contributed by atoms with van der Waals surface area (Å²) in [5.74, 6) is -1.06. The van der Waals surface area contributed by atoms with Crippen LogP contribution in [0.2, 0.25) is 0 Å². The van der Waals surface area contributed by atoms with Crippen LogP contribution in [0.15, 0.2) is 59.5 Å². The molecule has 0 aromatic heterocycles. The van der Waals surface area contributed by atoms with Crippen LogP contribution < -0.4 is 10.2 Å². The van der Waals surface area contributed by atoms with Gasteiger partial charge < -0.3 is 14.7 Å². The number of carbonyl (C=O) groups excluding carboxylic acids is 2. The number of aryl methyl sites for hydroxylation is 1. The second-order valence-electron chi connectivity index (χ2n) is 5.76. The van der Waals surface area contributed by atoms with Crippen LogP contribution in [0.1, 0.15) is 11.1 Å². The molecule has 0 radical (unpaired) electrons. The Kier molecular flexibility index (Phi) is 7.50. The fourth-order valence-electron chi connectivity index (χ4n) is 2.06. The second kappa shape index (κ2) is 9.83. The molecule has 3 N–H and O–H groups in total. The number of rotatable bonds is 7. The molecule has 150 valence electrons. The smallest absolute Gasteiger partial charge is 0.428 e. The molecule has 0 aliphatic carbocycles. The third-order valence-electron chi connectivity index (χ3n) is 3.56. The minimum Gasteiger partial charge on any atom is -0.428 e. The fourth-order valence-corrected chi connectivity index (χ4v) is 3.24. The molecule has 10 heteroatoms. The van der Waals surface area contributed by atoms with E-state index in [9.17, 15) is 23.1 Å². The zero-order valence-corrected chi connectivity index (χ0v) is 15.8. The van der Waals surface area contributed by atoms with Gasteiger partial charge in [0.1, 0.15) is 12.6 Å². The number of aliphatic hydroxyl groups is 1. The van der Waals surface area contributed by atoms with Gasteiger partial charge in [-0.15, -0.1) is 0 Å². The maximum Gasteiger partial charge on any atom is 0.533 e. The number of sulfonamides is 1. The molecule has 0 bridgehead atoms. The van der Waals surface area contributed by atoms with Gasteiger partial charge in [-0.05, 0) is 24.6 Å². The molecule has 0 saturated heterocycles. The summed E-state index contributed by atoms with van der Waals surface area (Å²) in [5, 5.41) is 9.31. The summed E-state index contributed by atoms with van der Waals surface area (Å²) >= 11 is 0. The first-order valence-electron chi connectivity index (χ1n) is 8.19. The van der Waals surface area contributed by atoms with Crippen LogP contribution in [0.25, 0.3) is 0 Å². The van der Waals surface area contributed by atoms with Gasteiger partial charge in [-0.3, -0.25) is 4.79 Å². The Hall–Kier alpha value is -2.95. The molecule has 0 saturated carbocycles. The quantitative estimate of drug-likeness (QED) is 0.460. The predicted molar refractivity (Wildman–Crippen MR) is 98.2 cm³/mol. The third-order valence-corrected chi connectivity index (χ3v) is 5.05. The van der Waals surface area contributed by atoms with E-state index in [-0.39, 0.29) is 11.5 Å². The van der Waals surface area contributed by atoms with E-state index in [1.54, 1.807) is 54.9 Å². The van der Waals surface area contributed by atoms with E-state index in [1.807, 2.05) is 4.72 Å². The molecule has 9 nitrogen and oxygen atoms in total. The lowest BCUT2D eigenvalue weighted by Gasteiger charge is -2.16. The van der Waals surface area contributed by atoms with Crippen molar-refractivity contribution in [2.75, 3.05) is 6.61 Å². The standard InChI is InChI=1S/C18H20N2O7S/c1-13-7-9-15(10-8-13)28(24,25)20-16(11-21)17(22)19-27-18(23)26-12-14-5-3-2-4-6-14/h2-10,16,20-21H,11-12H2,1H3,(H,19,22). The minimum atomic E-state index is -4.06. The molecule has 0 aliphatic heterocycles. The molecule has 1 amide bonds. The van der Waals surface area contributed by atoms with Crippen molar-refractivity contribution in [3.8, 4) is 0 Å². The Labute approximate surface area is 162 Å². The maximum atomic E-state index is 12.3. The molecular weight excluding hydrogens is 388 g/mol. The molecule has 2 aromatic carbocycles. The van der Waals surface area contributed by atoms with Gasteiger partial charge in [0.25, 0.3) is 5.91 Å². The summed E-state index contributed by atoms with van der Waals surface area (Å²) in [6.07, 6.45) is -1.18. The molecule has 2 aromatic rings. The first-order chi connectivity index (χ1) is 13.3. The Morgan fingerprint density at radius 1 is 1.07 bits per heavy atom. The van der Waals surface area contributed by atoms with Gasteiger partial charge in [0, 0.05) is 0 Å². The van der Waals surface area contributed by atoms with Gasteiger partial charge in [0.15, 0.2) is 0 Å². The largest absolute Gasteiger partial charge is 0.533 e. The van der Waals surface area contributed by atoms with Crippen LogP contribution in [0, 0.1) is 6.92 Å². The van der Waals surface area contributed by atoms with E-state index in [0.717, 1.165) is 5.56 Å². The van der Waals surface area contributed by atoms with E-state index in [1.165, 1.54) is 12.1 Å². The number of amides is 1. The number of nitrogens with one attached hydrogen (secondary N) is 2. The van der Waals surface area contributed by atoms with Crippen molar-refractivity contribution < 1.29 is 32.7 Å². The van der Waals surface area contributed by atoms with E-state index in [0.29, 0.717) is 5.56 Å². The van der Waals surface area contributed by atoms with Crippen molar-refractivity contribution in [1.82, 2.24) is 10.2 Å². The minimum absolute atomic E-state index is 0.0704. The number of benzene rings is 2. The van der Waals surface area contributed by atoms with Crippen molar-refractivity contribution >= 4 is 22.1 Å². The Morgan fingerprint density at radius 3 is 2.32 bits per heavy atom. The molecule has 0 fully saturated rings. The topological polar surface area (TPSA) is 131 Å². The highest BCUT2D eigenvalue weighted by atomic mass is 32.2. The lowest BCUT2D eigenvalue weighted by molar-refractivity contribution is -0.134. The first kappa shape index (κ1) is 21.4. The molecule has 28 heavy (non-hydrogen) atoms.